The lowest BCUT2D eigenvalue weighted by molar-refractivity contribution is -0.137. The molecule has 2 aromatic carbocycles. The summed E-state index contributed by atoms with van der Waals surface area (Å²) in [5.41, 5.74) is 2.27. The molecule has 2 aromatic rings. The van der Waals surface area contributed by atoms with Gasteiger partial charge in [-0.15, -0.1) is 0 Å². The molecule has 30 heavy (non-hydrogen) atoms. The topological polar surface area (TPSA) is 87.7 Å². The highest BCUT2D eigenvalue weighted by atomic mass is 16.5. The van der Waals surface area contributed by atoms with Gasteiger partial charge in [-0.3, -0.25) is 14.4 Å². The molecule has 2 N–H and O–H groups in total. The fraction of sp³-hybridized carbons (Fsp3) is 0.348. The molecule has 0 aromatic heterocycles. The van der Waals surface area contributed by atoms with Crippen LogP contribution in [0.3, 0.4) is 0 Å². The molecule has 0 radical (unpaired) electrons. The van der Waals surface area contributed by atoms with E-state index in [1.54, 1.807) is 41.3 Å². The molecule has 0 saturated carbocycles. The van der Waals surface area contributed by atoms with Gasteiger partial charge in [0.25, 0.3) is 11.8 Å². The van der Waals surface area contributed by atoms with Crippen molar-refractivity contribution in [3.63, 3.8) is 0 Å². The van der Waals surface area contributed by atoms with Crippen LogP contribution in [0.2, 0.25) is 0 Å². The summed E-state index contributed by atoms with van der Waals surface area (Å²) < 4.78 is 5.29. The Balaban J connectivity index is 1.72. The van der Waals surface area contributed by atoms with Crippen LogP contribution >= 0.6 is 0 Å². The highest BCUT2D eigenvalue weighted by Gasteiger charge is 2.27. The molecule has 1 unspecified atom stereocenters. The summed E-state index contributed by atoms with van der Waals surface area (Å²) in [7, 11) is 0. The normalized spacial score (nSPS) is 14.7. The van der Waals surface area contributed by atoms with Gasteiger partial charge in [-0.25, -0.2) is 0 Å². The second-order valence-electron chi connectivity index (χ2n) is 7.24. The highest BCUT2D eigenvalue weighted by molar-refractivity contribution is 6.09. The number of carbonyl (C=O) groups excluding carboxylic acids is 3. The van der Waals surface area contributed by atoms with E-state index in [1.807, 2.05) is 26.0 Å². The maximum Gasteiger partial charge on any atom is 0.255 e. The molecule has 1 aliphatic heterocycles. The minimum absolute atomic E-state index is 0.115. The number of para-hydroxylation sites is 1. The van der Waals surface area contributed by atoms with Crippen molar-refractivity contribution in [3.8, 4) is 0 Å². The second kappa shape index (κ2) is 10.0. The summed E-state index contributed by atoms with van der Waals surface area (Å²) in [5.74, 6) is -0.815. The van der Waals surface area contributed by atoms with E-state index >= 15 is 0 Å². The Bertz CT molecular complexity index is 905. The van der Waals surface area contributed by atoms with Gasteiger partial charge in [0.05, 0.1) is 24.5 Å². The van der Waals surface area contributed by atoms with Gasteiger partial charge in [0.15, 0.2) is 0 Å². The van der Waals surface area contributed by atoms with E-state index in [0.717, 1.165) is 5.56 Å². The third kappa shape index (κ3) is 5.24. The van der Waals surface area contributed by atoms with Crippen molar-refractivity contribution in [2.45, 2.75) is 26.3 Å². The SMILES string of the molecule is CCC(NC(=O)c1ccccc1NC(=O)c1ccc(C)cc1)C(=O)N1CCOCC1. The van der Waals surface area contributed by atoms with E-state index in [9.17, 15) is 14.4 Å². The van der Waals surface area contributed by atoms with Crippen molar-refractivity contribution in [1.29, 1.82) is 0 Å². The van der Waals surface area contributed by atoms with Gasteiger partial charge in [0, 0.05) is 18.7 Å². The average molecular weight is 409 g/mol. The van der Waals surface area contributed by atoms with Crippen LogP contribution in [0.5, 0.6) is 0 Å². The number of anilines is 1. The molecule has 1 aliphatic rings. The second-order valence-corrected chi connectivity index (χ2v) is 7.24. The Hall–Kier alpha value is -3.19. The molecule has 1 fully saturated rings. The van der Waals surface area contributed by atoms with Crippen LogP contribution in [-0.2, 0) is 9.53 Å². The van der Waals surface area contributed by atoms with E-state index in [1.165, 1.54) is 0 Å². The largest absolute Gasteiger partial charge is 0.378 e. The molecule has 7 heteroatoms. The molecule has 7 nitrogen and oxygen atoms in total. The predicted octanol–water partition coefficient (Wildman–Crippen LogP) is 2.61. The molecule has 0 aliphatic carbocycles. The van der Waals surface area contributed by atoms with Crippen LogP contribution in [-0.4, -0.2) is 55.0 Å². The maximum atomic E-state index is 12.9. The summed E-state index contributed by atoms with van der Waals surface area (Å²) >= 11 is 0. The number of benzene rings is 2. The molecule has 0 bridgehead atoms. The van der Waals surface area contributed by atoms with E-state index in [-0.39, 0.29) is 11.8 Å². The number of nitrogens with one attached hydrogen (secondary N) is 2. The monoisotopic (exact) mass is 409 g/mol. The third-order valence-electron chi connectivity index (χ3n) is 5.07. The van der Waals surface area contributed by atoms with Crippen molar-refractivity contribution >= 4 is 23.4 Å². The van der Waals surface area contributed by atoms with Gasteiger partial charge in [-0.05, 0) is 37.6 Å². The number of hydrogen-bond acceptors (Lipinski definition) is 4. The Morgan fingerprint density at radius 2 is 1.67 bits per heavy atom. The number of amides is 3. The summed E-state index contributed by atoms with van der Waals surface area (Å²) in [4.78, 5) is 40.0. The summed E-state index contributed by atoms with van der Waals surface area (Å²) in [5, 5.41) is 5.62. The number of morpholine rings is 1. The van der Waals surface area contributed by atoms with Crippen LogP contribution in [0.15, 0.2) is 48.5 Å². The maximum absolute atomic E-state index is 12.9. The van der Waals surface area contributed by atoms with Gasteiger partial charge < -0.3 is 20.3 Å². The van der Waals surface area contributed by atoms with E-state index in [2.05, 4.69) is 10.6 Å². The molecule has 0 spiro atoms. The van der Waals surface area contributed by atoms with Crippen molar-refractivity contribution < 1.29 is 19.1 Å². The first-order valence-electron chi connectivity index (χ1n) is 10.1. The van der Waals surface area contributed by atoms with Gasteiger partial charge >= 0.3 is 0 Å². The number of nitrogens with zero attached hydrogens (tertiary/aromatic N) is 1. The summed E-state index contributed by atoms with van der Waals surface area (Å²) in [6.07, 6.45) is 0.472. The first kappa shape index (κ1) is 21.5. The fourth-order valence-electron chi connectivity index (χ4n) is 3.27. The van der Waals surface area contributed by atoms with Gasteiger partial charge in [-0.1, -0.05) is 36.8 Å². The predicted molar refractivity (Wildman–Crippen MR) is 115 cm³/mol. The van der Waals surface area contributed by atoms with Crippen LogP contribution in [0.4, 0.5) is 5.69 Å². The van der Waals surface area contributed by atoms with Crippen LogP contribution in [0.25, 0.3) is 0 Å². The van der Waals surface area contributed by atoms with Gasteiger partial charge in [0.2, 0.25) is 5.91 Å². The lowest BCUT2D eigenvalue weighted by atomic mass is 10.1. The number of rotatable bonds is 6. The molecule has 3 amide bonds. The molecular formula is C23H27N3O4. The highest BCUT2D eigenvalue weighted by Crippen LogP contribution is 2.17. The Labute approximate surface area is 176 Å². The van der Waals surface area contributed by atoms with Crippen LogP contribution in [0.1, 0.15) is 39.6 Å². The first-order chi connectivity index (χ1) is 14.5. The Morgan fingerprint density at radius 3 is 2.33 bits per heavy atom. The lowest BCUT2D eigenvalue weighted by Crippen LogP contribution is -2.51. The Kier molecular flexibility index (Phi) is 7.19. The van der Waals surface area contributed by atoms with E-state index < -0.39 is 11.9 Å². The zero-order valence-corrected chi connectivity index (χ0v) is 17.3. The van der Waals surface area contributed by atoms with Crippen molar-refractivity contribution in [2.24, 2.45) is 0 Å². The van der Waals surface area contributed by atoms with E-state index in [0.29, 0.717) is 49.5 Å². The first-order valence-corrected chi connectivity index (χ1v) is 10.1. The Morgan fingerprint density at radius 1 is 1.00 bits per heavy atom. The zero-order valence-electron chi connectivity index (χ0n) is 17.3. The van der Waals surface area contributed by atoms with Gasteiger partial charge in [0.1, 0.15) is 6.04 Å². The number of hydrogen-bond donors (Lipinski definition) is 2. The molecule has 1 atom stereocenters. The molecule has 1 saturated heterocycles. The lowest BCUT2D eigenvalue weighted by Gasteiger charge is -2.30. The van der Waals surface area contributed by atoms with Crippen LogP contribution < -0.4 is 10.6 Å². The molecule has 158 valence electrons. The van der Waals surface area contributed by atoms with Crippen molar-refractivity contribution in [2.75, 3.05) is 31.6 Å². The smallest absolute Gasteiger partial charge is 0.255 e. The summed E-state index contributed by atoms with van der Waals surface area (Å²) in [6, 6.07) is 13.3. The minimum Gasteiger partial charge on any atom is -0.378 e. The third-order valence-corrected chi connectivity index (χ3v) is 5.07. The number of aryl methyl sites for hydroxylation is 1. The number of carbonyl (C=O) groups is 3. The number of ether oxygens (including phenoxy) is 1. The van der Waals surface area contributed by atoms with Crippen molar-refractivity contribution in [3.05, 3.63) is 65.2 Å². The zero-order chi connectivity index (χ0) is 21.5. The molecule has 1 heterocycles. The fourth-order valence-corrected chi connectivity index (χ4v) is 3.27. The van der Waals surface area contributed by atoms with E-state index in [4.69, 9.17) is 4.74 Å². The van der Waals surface area contributed by atoms with Crippen molar-refractivity contribution in [1.82, 2.24) is 10.2 Å². The van der Waals surface area contributed by atoms with Gasteiger partial charge in [-0.2, -0.15) is 0 Å². The molecule has 3 rings (SSSR count). The standard InChI is InChI=1S/C23H27N3O4/c1-3-19(23(29)26-12-14-30-15-13-26)24-22(28)18-6-4-5-7-20(18)25-21(27)17-10-8-16(2)9-11-17/h4-11,19H,3,12-15H2,1-2H3,(H,24,28)(H,25,27). The van der Waals surface area contributed by atoms with Crippen LogP contribution in [0, 0.1) is 6.92 Å². The molecular weight excluding hydrogens is 382 g/mol. The average Bonchev–Trinajstić information content (AvgIpc) is 2.78. The summed E-state index contributed by atoms with van der Waals surface area (Å²) in [6.45, 7) is 5.86. The quantitative estimate of drug-likeness (QED) is 0.768. The minimum atomic E-state index is -0.628.